The van der Waals surface area contributed by atoms with Gasteiger partial charge in [0.25, 0.3) is 0 Å². The van der Waals surface area contributed by atoms with Gasteiger partial charge >= 0.3 is 5.97 Å². The van der Waals surface area contributed by atoms with Crippen LogP contribution in [0.5, 0.6) is 0 Å². The summed E-state index contributed by atoms with van der Waals surface area (Å²) in [6, 6.07) is 6.90. The second-order valence-corrected chi connectivity index (χ2v) is 3.97. The molecular weight excluding hydrogens is 232 g/mol. The van der Waals surface area contributed by atoms with Gasteiger partial charge in [0.1, 0.15) is 6.10 Å². The molecule has 1 aromatic rings. The van der Waals surface area contributed by atoms with Crippen LogP contribution >= 0.6 is 0 Å². The smallest absolute Gasteiger partial charge is 0.338 e. The summed E-state index contributed by atoms with van der Waals surface area (Å²) in [7, 11) is 1.26. The summed E-state index contributed by atoms with van der Waals surface area (Å²) in [5, 5.41) is 22.1. The second kappa shape index (κ2) is 4.51. The number of esters is 1. The number of ether oxygens (including phenoxy) is 1. The third-order valence-corrected chi connectivity index (χ3v) is 2.88. The average molecular weight is 244 g/mol. The molecule has 1 unspecified atom stereocenters. The minimum atomic E-state index is -1.08. The van der Waals surface area contributed by atoms with Crippen LogP contribution in [0.15, 0.2) is 29.5 Å². The zero-order chi connectivity index (χ0) is 13.3. The number of anilines is 1. The summed E-state index contributed by atoms with van der Waals surface area (Å²) >= 11 is 0. The fraction of sp³-hybridized carbons (Fsp3) is 0.231. The van der Waals surface area contributed by atoms with Crippen LogP contribution in [0.4, 0.5) is 5.69 Å². The van der Waals surface area contributed by atoms with Gasteiger partial charge < -0.3 is 15.2 Å². The molecule has 0 spiro atoms. The standard InChI is InChI=1S/C13H12N2O3/c1-7-11(13(17)18-2)12(16)9-5-8(6-14)3-4-10(9)15-7/h3-5,12,15-16H,1-2H3. The van der Waals surface area contributed by atoms with E-state index in [0.717, 1.165) is 0 Å². The highest BCUT2D eigenvalue weighted by Gasteiger charge is 2.30. The van der Waals surface area contributed by atoms with Gasteiger partial charge in [0.15, 0.2) is 0 Å². The minimum Gasteiger partial charge on any atom is -0.466 e. The summed E-state index contributed by atoms with van der Waals surface area (Å²) in [4.78, 5) is 11.6. The average Bonchev–Trinajstić information content (AvgIpc) is 2.38. The van der Waals surface area contributed by atoms with Crippen molar-refractivity contribution < 1.29 is 14.6 Å². The van der Waals surface area contributed by atoms with Crippen molar-refractivity contribution in [1.29, 1.82) is 5.26 Å². The van der Waals surface area contributed by atoms with Gasteiger partial charge in [-0.1, -0.05) is 0 Å². The molecule has 2 N–H and O–H groups in total. The summed E-state index contributed by atoms with van der Waals surface area (Å²) in [5.41, 5.74) is 2.33. The molecular formula is C13H12N2O3. The monoisotopic (exact) mass is 244 g/mol. The number of methoxy groups -OCH3 is 1. The van der Waals surface area contributed by atoms with Crippen LogP contribution in [0.2, 0.25) is 0 Å². The molecule has 1 aliphatic heterocycles. The first-order chi connectivity index (χ1) is 8.58. The van der Waals surface area contributed by atoms with Gasteiger partial charge in [-0.25, -0.2) is 4.79 Å². The van der Waals surface area contributed by atoms with Crippen molar-refractivity contribution in [2.45, 2.75) is 13.0 Å². The largest absolute Gasteiger partial charge is 0.466 e. The van der Waals surface area contributed by atoms with Gasteiger partial charge in [0.05, 0.1) is 24.3 Å². The summed E-state index contributed by atoms with van der Waals surface area (Å²) in [6.07, 6.45) is -1.08. The predicted molar refractivity (Wildman–Crippen MR) is 64.5 cm³/mol. The maximum atomic E-state index is 11.6. The number of carbonyl (C=O) groups excluding carboxylic acids is 1. The highest BCUT2D eigenvalue weighted by atomic mass is 16.5. The van der Waals surface area contributed by atoms with E-state index in [1.165, 1.54) is 7.11 Å². The lowest BCUT2D eigenvalue weighted by atomic mass is 9.93. The first kappa shape index (κ1) is 12.1. The Labute approximate surface area is 104 Å². The van der Waals surface area contributed by atoms with Crippen LogP contribution in [0, 0.1) is 11.3 Å². The molecule has 1 heterocycles. The Bertz CT molecular complexity index is 584. The van der Waals surface area contributed by atoms with E-state index in [9.17, 15) is 9.90 Å². The SMILES string of the molecule is COC(=O)C1=C(C)Nc2ccc(C#N)cc2C1O. The van der Waals surface area contributed by atoms with Gasteiger partial charge in [0.2, 0.25) is 0 Å². The van der Waals surface area contributed by atoms with E-state index < -0.39 is 12.1 Å². The Morgan fingerprint density at radius 3 is 2.89 bits per heavy atom. The van der Waals surface area contributed by atoms with Crippen LogP contribution in [0.3, 0.4) is 0 Å². The van der Waals surface area contributed by atoms with Crippen molar-refractivity contribution in [3.8, 4) is 6.07 Å². The Morgan fingerprint density at radius 2 is 2.28 bits per heavy atom. The molecule has 5 heteroatoms. The fourth-order valence-corrected chi connectivity index (χ4v) is 1.98. The van der Waals surface area contributed by atoms with Crippen molar-refractivity contribution in [1.82, 2.24) is 0 Å². The second-order valence-electron chi connectivity index (χ2n) is 3.97. The molecule has 92 valence electrons. The fourth-order valence-electron chi connectivity index (χ4n) is 1.98. The number of nitrogens with zero attached hydrogens (tertiary/aromatic N) is 1. The molecule has 0 amide bonds. The van der Waals surface area contributed by atoms with Gasteiger partial charge in [-0.2, -0.15) is 5.26 Å². The van der Waals surface area contributed by atoms with Crippen molar-refractivity contribution in [3.63, 3.8) is 0 Å². The molecule has 0 saturated carbocycles. The molecule has 0 bridgehead atoms. The Hall–Kier alpha value is -2.32. The zero-order valence-electron chi connectivity index (χ0n) is 10.0. The van der Waals surface area contributed by atoms with E-state index in [1.807, 2.05) is 6.07 Å². The van der Waals surface area contributed by atoms with Gasteiger partial charge in [0, 0.05) is 16.9 Å². The third kappa shape index (κ3) is 1.83. The van der Waals surface area contributed by atoms with E-state index in [2.05, 4.69) is 10.1 Å². The highest BCUT2D eigenvalue weighted by Crippen LogP contribution is 2.36. The molecule has 1 aliphatic rings. The normalized spacial score (nSPS) is 17.6. The van der Waals surface area contributed by atoms with Crippen LogP contribution in [-0.2, 0) is 9.53 Å². The molecule has 5 nitrogen and oxygen atoms in total. The van der Waals surface area contributed by atoms with Crippen molar-refractivity contribution >= 4 is 11.7 Å². The number of benzene rings is 1. The van der Waals surface area contributed by atoms with E-state index in [1.54, 1.807) is 25.1 Å². The van der Waals surface area contributed by atoms with Gasteiger partial charge in [-0.05, 0) is 25.1 Å². The number of allylic oxidation sites excluding steroid dienone is 1. The van der Waals surface area contributed by atoms with Crippen LogP contribution in [0.25, 0.3) is 0 Å². The van der Waals surface area contributed by atoms with Crippen LogP contribution in [0.1, 0.15) is 24.2 Å². The van der Waals surface area contributed by atoms with Crippen LogP contribution in [-0.4, -0.2) is 18.2 Å². The predicted octanol–water partition coefficient (Wildman–Crippen LogP) is 1.46. The minimum absolute atomic E-state index is 0.167. The first-order valence-corrected chi connectivity index (χ1v) is 5.36. The van der Waals surface area contributed by atoms with E-state index in [-0.39, 0.29) is 5.57 Å². The molecule has 0 aliphatic carbocycles. The van der Waals surface area contributed by atoms with Crippen molar-refractivity contribution in [3.05, 3.63) is 40.6 Å². The number of nitriles is 1. The number of aliphatic hydroxyl groups excluding tert-OH is 1. The lowest BCUT2D eigenvalue weighted by Gasteiger charge is -2.26. The summed E-state index contributed by atoms with van der Waals surface area (Å²) in [5.74, 6) is -0.583. The number of carbonyl (C=O) groups is 1. The van der Waals surface area contributed by atoms with Gasteiger partial charge in [-0.3, -0.25) is 0 Å². The topological polar surface area (TPSA) is 82.3 Å². The first-order valence-electron chi connectivity index (χ1n) is 5.36. The number of fused-ring (bicyclic) bond motifs is 1. The van der Waals surface area contributed by atoms with Crippen molar-refractivity contribution in [2.75, 3.05) is 12.4 Å². The maximum Gasteiger partial charge on any atom is 0.338 e. The van der Waals surface area contributed by atoms with E-state index >= 15 is 0 Å². The highest BCUT2D eigenvalue weighted by molar-refractivity contribution is 5.93. The molecule has 0 aromatic heterocycles. The Kier molecular flexibility index (Phi) is 3.04. The van der Waals surface area contributed by atoms with Crippen molar-refractivity contribution in [2.24, 2.45) is 0 Å². The van der Waals surface area contributed by atoms with E-state index in [0.29, 0.717) is 22.5 Å². The number of hydrogen-bond donors (Lipinski definition) is 2. The number of aliphatic hydroxyl groups is 1. The molecule has 1 aromatic carbocycles. The molecule has 2 rings (SSSR count). The quantitative estimate of drug-likeness (QED) is 0.731. The molecule has 0 fully saturated rings. The zero-order valence-corrected chi connectivity index (χ0v) is 10.0. The molecule has 1 atom stereocenters. The molecule has 18 heavy (non-hydrogen) atoms. The summed E-state index contributed by atoms with van der Waals surface area (Å²) < 4.78 is 4.64. The third-order valence-electron chi connectivity index (χ3n) is 2.88. The Morgan fingerprint density at radius 1 is 1.56 bits per heavy atom. The lowest BCUT2D eigenvalue weighted by Crippen LogP contribution is -2.22. The molecule has 0 radical (unpaired) electrons. The lowest BCUT2D eigenvalue weighted by molar-refractivity contribution is -0.137. The van der Waals surface area contributed by atoms with E-state index in [4.69, 9.17) is 5.26 Å². The molecule has 0 saturated heterocycles. The number of hydrogen-bond acceptors (Lipinski definition) is 5. The number of rotatable bonds is 1. The Balaban J connectivity index is 2.52. The van der Waals surface area contributed by atoms with Crippen LogP contribution < -0.4 is 5.32 Å². The maximum absolute atomic E-state index is 11.6. The van der Waals surface area contributed by atoms with Gasteiger partial charge in [-0.15, -0.1) is 0 Å². The number of nitrogens with one attached hydrogen (secondary N) is 1. The summed E-state index contributed by atoms with van der Waals surface area (Å²) in [6.45, 7) is 1.69.